The summed E-state index contributed by atoms with van der Waals surface area (Å²) in [5.74, 6) is 2.74. The summed E-state index contributed by atoms with van der Waals surface area (Å²) in [6, 6.07) is 12.8. The number of nitrogens with one attached hydrogen (secondary N) is 1. The Kier molecular flexibility index (Phi) is 4.56. The van der Waals surface area contributed by atoms with Gasteiger partial charge in [-0.1, -0.05) is 25.1 Å². The van der Waals surface area contributed by atoms with Crippen LogP contribution >= 0.6 is 0 Å². The van der Waals surface area contributed by atoms with Gasteiger partial charge in [0.05, 0.1) is 0 Å². The SMILES string of the molecule is CCC1CCCCN1c1cc(Nc2ccccc2)nc(C)n1. The van der Waals surface area contributed by atoms with Gasteiger partial charge in [0.2, 0.25) is 0 Å². The number of benzene rings is 1. The summed E-state index contributed by atoms with van der Waals surface area (Å²) >= 11 is 0. The minimum absolute atomic E-state index is 0.604. The van der Waals surface area contributed by atoms with E-state index < -0.39 is 0 Å². The van der Waals surface area contributed by atoms with Gasteiger partial charge in [-0.2, -0.15) is 0 Å². The van der Waals surface area contributed by atoms with Gasteiger partial charge < -0.3 is 10.2 Å². The van der Waals surface area contributed by atoms with Crippen LogP contribution in [0.25, 0.3) is 0 Å². The number of aryl methyl sites for hydroxylation is 1. The molecule has 0 aliphatic carbocycles. The third kappa shape index (κ3) is 3.38. The monoisotopic (exact) mass is 296 g/mol. The topological polar surface area (TPSA) is 41.0 Å². The fourth-order valence-electron chi connectivity index (χ4n) is 3.16. The van der Waals surface area contributed by atoms with Crippen molar-refractivity contribution in [1.82, 2.24) is 9.97 Å². The molecule has 1 unspecified atom stereocenters. The van der Waals surface area contributed by atoms with Crippen LogP contribution in [0.1, 0.15) is 38.4 Å². The predicted molar refractivity (Wildman–Crippen MR) is 91.8 cm³/mol. The van der Waals surface area contributed by atoms with Crippen molar-refractivity contribution in [1.29, 1.82) is 0 Å². The largest absolute Gasteiger partial charge is 0.353 e. The van der Waals surface area contributed by atoms with Gasteiger partial charge in [0, 0.05) is 24.3 Å². The highest BCUT2D eigenvalue weighted by Crippen LogP contribution is 2.27. The third-order valence-corrected chi connectivity index (χ3v) is 4.26. The van der Waals surface area contributed by atoms with Crippen molar-refractivity contribution in [2.75, 3.05) is 16.8 Å². The quantitative estimate of drug-likeness (QED) is 0.913. The maximum atomic E-state index is 4.67. The predicted octanol–water partition coefficient (Wildman–Crippen LogP) is 4.30. The van der Waals surface area contributed by atoms with E-state index in [2.05, 4.69) is 33.2 Å². The molecule has 0 saturated carbocycles. The van der Waals surface area contributed by atoms with Crippen LogP contribution in [0.3, 0.4) is 0 Å². The Hall–Kier alpha value is -2.10. The van der Waals surface area contributed by atoms with Crippen LogP contribution in [0.5, 0.6) is 0 Å². The second kappa shape index (κ2) is 6.77. The van der Waals surface area contributed by atoms with Crippen molar-refractivity contribution >= 4 is 17.3 Å². The van der Waals surface area contributed by atoms with Crippen molar-refractivity contribution in [3.05, 3.63) is 42.2 Å². The number of hydrogen-bond acceptors (Lipinski definition) is 4. The molecular weight excluding hydrogens is 272 g/mol. The van der Waals surface area contributed by atoms with Gasteiger partial charge in [-0.25, -0.2) is 9.97 Å². The number of anilines is 3. The lowest BCUT2D eigenvalue weighted by atomic mass is 10.00. The number of aromatic nitrogens is 2. The summed E-state index contributed by atoms with van der Waals surface area (Å²) in [6.45, 7) is 5.32. The zero-order valence-corrected chi connectivity index (χ0v) is 13.4. The fourth-order valence-corrected chi connectivity index (χ4v) is 3.16. The fraction of sp³-hybridized carbons (Fsp3) is 0.444. The van der Waals surface area contributed by atoms with Gasteiger partial charge in [0.25, 0.3) is 0 Å². The molecule has 3 rings (SSSR count). The summed E-state index contributed by atoms with van der Waals surface area (Å²) in [7, 11) is 0. The summed E-state index contributed by atoms with van der Waals surface area (Å²) in [5.41, 5.74) is 1.05. The number of para-hydroxylation sites is 1. The highest BCUT2D eigenvalue weighted by molar-refractivity contribution is 5.59. The molecule has 0 spiro atoms. The van der Waals surface area contributed by atoms with E-state index in [-0.39, 0.29) is 0 Å². The zero-order chi connectivity index (χ0) is 15.4. The lowest BCUT2D eigenvalue weighted by molar-refractivity contribution is 0.446. The smallest absolute Gasteiger partial charge is 0.136 e. The molecule has 1 aliphatic rings. The van der Waals surface area contributed by atoms with Crippen molar-refractivity contribution in [2.24, 2.45) is 0 Å². The summed E-state index contributed by atoms with van der Waals surface area (Å²) < 4.78 is 0. The molecule has 0 bridgehead atoms. The first-order valence-electron chi connectivity index (χ1n) is 8.20. The van der Waals surface area contributed by atoms with E-state index in [1.807, 2.05) is 37.3 Å². The Bertz CT molecular complexity index is 612. The number of nitrogens with zero attached hydrogens (tertiary/aromatic N) is 3. The highest BCUT2D eigenvalue weighted by Gasteiger charge is 2.22. The van der Waals surface area contributed by atoms with Gasteiger partial charge in [0.15, 0.2) is 0 Å². The van der Waals surface area contributed by atoms with Crippen molar-refractivity contribution in [3.8, 4) is 0 Å². The van der Waals surface area contributed by atoms with Crippen molar-refractivity contribution < 1.29 is 0 Å². The van der Waals surface area contributed by atoms with E-state index >= 15 is 0 Å². The van der Waals surface area contributed by atoms with Gasteiger partial charge in [-0.15, -0.1) is 0 Å². The molecule has 1 aliphatic heterocycles. The van der Waals surface area contributed by atoms with Crippen LogP contribution < -0.4 is 10.2 Å². The third-order valence-electron chi connectivity index (χ3n) is 4.26. The van der Waals surface area contributed by atoms with Gasteiger partial charge in [0.1, 0.15) is 17.5 Å². The molecule has 4 nitrogen and oxygen atoms in total. The average molecular weight is 296 g/mol. The molecule has 1 saturated heterocycles. The Labute approximate surface area is 132 Å². The minimum Gasteiger partial charge on any atom is -0.353 e. The molecular formula is C18H24N4. The Morgan fingerprint density at radius 2 is 2.00 bits per heavy atom. The van der Waals surface area contributed by atoms with Crippen LogP contribution in [-0.2, 0) is 0 Å². The first-order valence-corrected chi connectivity index (χ1v) is 8.20. The van der Waals surface area contributed by atoms with E-state index in [0.717, 1.165) is 29.7 Å². The standard InChI is InChI=1S/C18H24N4/c1-3-16-11-7-8-12-22(16)18-13-17(19-14(2)20-18)21-15-9-5-4-6-10-15/h4-6,9-10,13,16H,3,7-8,11-12H2,1-2H3,(H,19,20,21). The maximum Gasteiger partial charge on any atom is 0.136 e. The van der Waals surface area contributed by atoms with Crippen LogP contribution in [0.15, 0.2) is 36.4 Å². The summed E-state index contributed by atoms with van der Waals surface area (Å²) in [5, 5.41) is 3.38. The lowest BCUT2D eigenvalue weighted by Gasteiger charge is -2.36. The molecule has 4 heteroatoms. The number of piperidine rings is 1. The molecule has 2 heterocycles. The second-order valence-electron chi connectivity index (χ2n) is 5.90. The first kappa shape index (κ1) is 14.8. The molecule has 0 amide bonds. The van der Waals surface area contributed by atoms with Gasteiger partial charge >= 0.3 is 0 Å². The Morgan fingerprint density at radius 3 is 2.77 bits per heavy atom. The van der Waals surface area contributed by atoms with Crippen LogP contribution in [-0.4, -0.2) is 22.6 Å². The van der Waals surface area contributed by atoms with Crippen LogP contribution in [0, 0.1) is 6.92 Å². The molecule has 1 N–H and O–H groups in total. The molecule has 116 valence electrons. The van der Waals surface area contributed by atoms with Crippen molar-refractivity contribution in [3.63, 3.8) is 0 Å². The molecule has 1 aromatic heterocycles. The van der Waals surface area contributed by atoms with Crippen molar-refractivity contribution in [2.45, 2.75) is 45.6 Å². The zero-order valence-electron chi connectivity index (χ0n) is 13.4. The summed E-state index contributed by atoms with van der Waals surface area (Å²) in [6.07, 6.45) is 5.01. The Morgan fingerprint density at radius 1 is 1.18 bits per heavy atom. The molecule has 1 aromatic carbocycles. The lowest BCUT2D eigenvalue weighted by Crippen LogP contribution is -2.39. The highest BCUT2D eigenvalue weighted by atomic mass is 15.2. The second-order valence-corrected chi connectivity index (χ2v) is 5.90. The molecule has 0 radical (unpaired) electrons. The van der Waals surface area contributed by atoms with E-state index in [1.54, 1.807) is 0 Å². The molecule has 1 atom stereocenters. The summed E-state index contributed by atoms with van der Waals surface area (Å²) in [4.78, 5) is 11.7. The van der Waals surface area contributed by atoms with E-state index in [9.17, 15) is 0 Å². The molecule has 1 fully saturated rings. The normalized spacial score (nSPS) is 18.3. The van der Waals surface area contributed by atoms with E-state index in [0.29, 0.717) is 6.04 Å². The minimum atomic E-state index is 0.604. The first-order chi connectivity index (χ1) is 10.8. The van der Waals surface area contributed by atoms with Crippen LogP contribution in [0.2, 0.25) is 0 Å². The van der Waals surface area contributed by atoms with Crippen LogP contribution in [0.4, 0.5) is 17.3 Å². The average Bonchev–Trinajstić information content (AvgIpc) is 2.55. The van der Waals surface area contributed by atoms with E-state index in [1.165, 1.54) is 25.7 Å². The van der Waals surface area contributed by atoms with Gasteiger partial charge in [-0.05, 0) is 44.7 Å². The van der Waals surface area contributed by atoms with Gasteiger partial charge in [-0.3, -0.25) is 0 Å². The molecule has 2 aromatic rings. The Balaban J connectivity index is 1.86. The maximum absolute atomic E-state index is 4.67. The number of hydrogen-bond donors (Lipinski definition) is 1. The molecule has 22 heavy (non-hydrogen) atoms. The van der Waals surface area contributed by atoms with E-state index in [4.69, 9.17) is 0 Å². The number of rotatable bonds is 4.